The smallest absolute Gasteiger partial charge is 0.0462 e. The van der Waals surface area contributed by atoms with Crippen LogP contribution < -0.4 is 4.90 Å². The molecule has 1 nitrogen and oxygen atoms in total. The lowest BCUT2D eigenvalue weighted by Gasteiger charge is -2.26. The van der Waals surface area contributed by atoms with Crippen molar-refractivity contribution in [3.05, 3.63) is 224 Å². The van der Waals surface area contributed by atoms with E-state index in [1.807, 2.05) is 0 Å². The molecule has 0 fully saturated rings. The van der Waals surface area contributed by atoms with E-state index < -0.39 is 0 Å². The SMILES string of the molecule is c1ccc(-c2ccc(N(c3ccc(-c4ccccc4)cc3)c3ccc(-c4ccc(-c5cccc6c7ccccc7c7ccccc7c56)cc4)cc3)cc2)cc1. The summed E-state index contributed by atoms with van der Waals surface area (Å²) in [5.41, 5.74) is 13.0. The van der Waals surface area contributed by atoms with E-state index in [1.54, 1.807) is 0 Å². The van der Waals surface area contributed by atoms with Crippen molar-refractivity contribution in [3.8, 4) is 44.5 Å². The van der Waals surface area contributed by atoms with Crippen molar-refractivity contribution in [3.63, 3.8) is 0 Å². The highest BCUT2D eigenvalue weighted by Crippen LogP contribution is 2.41. The molecule has 10 aromatic rings. The average molecular weight is 700 g/mol. The van der Waals surface area contributed by atoms with Crippen LogP contribution in [0.25, 0.3) is 76.8 Å². The maximum absolute atomic E-state index is 2.34. The zero-order chi connectivity index (χ0) is 36.6. The molecule has 10 rings (SSSR count). The van der Waals surface area contributed by atoms with Crippen molar-refractivity contribution in [2.45, 2.75) is 0 Å². The fraction of sp³-hybridized carbons (Fsp3) is 0. The number of rotatable bonds is 7. The van der Waals surface area contributed by atoms with Gasteiger partial charge in [0.2, 0.25) is 0 Å². The van der Waals surface area contributed by atoms with Gasteiger partial charge >= 0.3 is 0 Å². The molecule has 0 aromatic heterocycles. The molecule has 0 N–H and O–H groups in total. The predicted molar refractivity (Wildman–Crippen MR) is 235 cm³/mol. The lowest BCUT2D eigenvalue weighted by Crippen LogP contribution is -2.09. The standard InChI is InChI=1S/C54H37N/c1-3-12-38(13-4-1)41-26-32-45(33-27-41)55(46-34-28-42(29-35-46)39-14-5-2-6-15-39)47-36-30-43(31-37-47)40-22-24-44(25-23-40)48-20-11-21-53-51-17-8-7-16-49(51)50-18-9-10-19-52(50)54(48)53/h1-37H. The van der Waals surface area contributed by atoms with Crippen LogP contribution in [-0.4, -0.2) is 0 Å². The van der Waals surface area contributed by atoms with Crippen LogP contribution in [-0.2, 0) is 0 Å². The predicted octanol–water partition coefficient (Wildman–Crippen LogP) is 15.3. The Kier molecular flexibility index (Phi) is 8.24. The Labute approximate surface area is 322 Å². The van der Waals surface area contributed by atoms with E-state index in [9.17, 15) is 0 Å². The second-order valence-corrected chi connectivity index (χ2v) is 14.1. The molecule has 0 spiro atoms. The first-order valence-corrected chi connectivity index (χ1v) is 18.9. The van der Waals surface area contributed by atoms with Crippen molar-refractivity contribution >= 4 is 49.4 Å². The molecule has 10 aromatic carbocycles. The third-order valence-electron chi connectivity index (χ3n) is 10.9. The first kappa shape index (κ1) is 32.4. The molecule has 0 aliphatic carbocycles. The minimum absolute atomic E-state index is 1.11. The molecule has 0 aliphatic heterocycles. The van der Waals surface area contributed by atoms with Crippen molar-refractivity contribution in [2.24, 2.45) is 0 Å². The molecular weight excluding hydrogens is 663 g/mol. The van der Waals surface area contributed by atoms with E-state index in [-0.39, 0.29) is 0 Å². The maximum atomic E-state index is 2.34. The first-order chi connectivity index (χ1) is 27.3. The van der Waals surface area contributed by atoms with E-state index in [2.05, 4.69) is 229 Å². The van der Waals surface area contributed by atoms with Crippen LogP contribution >= 0.6 is 0 Å². The Balaban J connectivity index is 0.998. The summed E-state index contributed by atoms with van der Waals surface area (Å²) in [6.45, 7) is 0. The highest BCUT2D eigenvalue weighted by atomic mass is 15.1. The molecule has 0 unspecified atom stereocenters. The van der Waals surface area contributed by atoms with E-state index >= 15 is 0 Å². The van der Waals surface area contributed by atoms with Gasteiger partial charge in [-0.25, -0.2) is 0 Å². The molecule has 0 atom stereocenters. The van der Waals surface area contributed by atoms with Crippen LogP contribution in [0.1, 0.15) is 0 Å². The molecular formula is C54H37N. The van der Waals surface area contributed by atoms with Gasteiger partial charge in [0.15, 0.2) is 0 Å². The van der Waals surface area contributed by atoms with Gasteiger partial charge in [-0.3, -0.25) is 0 Å². The number of fused-ring (bicyclic) bond motifs is 6. The largest absolute Gasteiger partial charge is 0.311 e. The van der Waals surface area contributed by atoms with Gasteiger partial charge in [-0.2, -0.15) is 0 Å². The third-order valence-corrected chi connectivity index (χ3v) is 10.9. The first-order valence-electron chi connectivity index (χ1n) is 18.9. The quantitative estimate of drug-likeness (QED) is 0.150. The fourth-order valence-corrected chi connectivity index (χ4v) is 8.16. The zero-order valence-corrected chi connectivity index (χ0v) is 30.3. The van der Waals surface area contributed by atoms with Gasteiger partial charge in [-0.05, 0) is 113 Å². The molecule has 0 bridgehead atoms. The minimum Gasteiger partial charge on any atom is -0.311 e. The van der Waals surface area contributed by atoms with E-state index in [4.69, 9.17) is 0 Å². The number of anilines is 3. The molecule has 0 radical (unpaired) electrons. The van der Waals surface area contributed by atoms with Crippen molar-refractivity contribution in [2.75, 3.05) is 4.90 Å². The van der Waals surface area contributed by atoms with Crippen LogP contribution in [0.4, 0.5) is 17.1 Å². The van der Waals surface area contributed by atoms with Gasteiger partial charge in [0.25, 0.3) is 0 Å². The Hall–Kier alpha value is -7.22. The van der Waals surface area contributed by atoms with Gasteiger partial charge < -0.3 is 4.90 Å². The Morgan fingerprint density at radius 3 is 0.909 bits per heavy atom. The van der Waals surface area contributed by atoms with E-state index in [1.165, 1.54) is 76.8 Å². The van der Waals surface area contributed by atoms with Gasteiger partial charge in [-0.1, -0.05) is 188 Å². The van der Waals surface area contributed by atoms with Crippen LogP contribution in [0.5, 0.6) is 0 Å². The summed E-state index contributed by atoms with van der Waals surface area (Å²) in [5.74, 6) is 0. The number of nitrogens with zero attached hydrogens (tertiary/aromatic N) is 1. The van der Waals surface area contributed by atoms with E-state index in [0.717, 1.165) is 17.1 Å². The Morgan fingerprint density at radius 2 is 0.491 bits per heavy atom. The summed E-state index contributed by atoms with van der Waals surface area (Å²) in [6.07, 6.45) is 0. The van der Waals surface area contributed by atoms with Crippen molar-refractivity contribution < 1.29 is 0 Å². The topological polar surface area (TPSA) is 3.24 Å². The minimum atomic E-state index is 1.11. The molecule has 258 valence electrons. The van der Waals surface area contributed by atoms with Gasteiger partial charge in [0, 0.05) is 17.1 Å². The summed E-state index contributed by atoms with van der Waals surface area (Å²) in [6, 6.07) is 81.2. The highest BCUT2D eigenvalue weighted by molar-refractivity contribution is 6.28. The van der Waals surface area contributed by atoms with Gasteiger partial charge in [0.05, 0.1) is 0 Å². The van der Waals surface area contributed by atoms with Crippen molar-refractivity contribution in [1.29, 1.82) is 0 Å². The summed E-state index contributed by atoms with van der Waals surface area (Å²) >= 11 is 0. The van der Waals surface area contributed by atoms with E-state index in [0.29, 0.717) is 0 Å². The monoisotopic (exact) mass is 699 g/mol. The maximum Gasteiger partial charge on any atom is 0.0462 e. The summed E-state index contributed by atoms with van der Waals surface area (Å²) in [4.78, 5) is 2.34. The highest BCUT2D eigenvalue weighted by Gasteiger charge is 2.15. The Morgan fingerprint density at radius 1 is 0.200 bits per heavy atom. The summed E-state index contributed by atoms with van der Waals surface area (Å²) in [5, 5.41) is 7.78. The fourth-order valence-electron chi connectivity index (χ4n) is 8.16. The molecule has 1 heteroatoms. The molecule has 0 aliphatic rings. The third kappa shape index (κ3) is 6.02. The second-order valence-electron chi connectivity index (χ2n) is 14.1. The van der Waals surface area contributed by atoms with Crippen LogP contribution in [0, 0.1) is 0 Å². The molecule has 0 saturated heterocycles. The second kappa shape index (κ2) is 14.0. The lowest BCUT2D eigenvalue weighted by atomic mass is 9.89. The zero-order valence-electron chi connectivity index (χ0n) is 30.3. The molecule has 0 saturated carbocycles. The summed E-state index contributed by atoms with van der Waals surface area (Å²) in [7, 11) is 0. The number of hydrogen-bond donors (Lipinski definition) is 0. The number of benzene rings is 10. The molecule has 55 heavy (non-hydrogen) atoms. The van der Waals surface area contributed by atoms with Crippen LogP contribution in [0.2, 0.25) is 0 Å². The summed E-state index contributed by atoms with van der Waals surface area (Å²) < 4.78 is 0. The van der Waals surface area contributed by atoms with Gasteiger partial charge in [0.1, 0.15) is 0 Å². The average Bonchev–Trinajstić information content (AvgIpc) is 3.28. The van der Waals surface area contributed by atoms with Crippen molar-refractivity contribution in [1.82, 2.24) is 0 Å². The number of hydrogen-bond acceptors (Lipinski definition) is 1. The van der Waals surface area contributed by atoms with Gasteiger partial charge in [-0.15, -0.1) is 0 Å². The van der Waals surface area contributed by atoms with Crippen LogP contribution in [0.3, 0.4) is 0 Å². The molecule has 0 heterocycles. The molecule has 0 amide bonds. The van der Waals surface area contributed by atoms with Crippen LogP contribution in [0.15, 0.2) is 224 Å². The Bertz CT molecular complexity index is 2780. The normalized spacial score (nSPS) is 11.3. The lowest BCUT2D eigenvalue weighted by molar-refractivity contribution is 1.28.